The van der Waals surface area contributed by atoms with Crippen LogP contribution in [0.15, 0.2) is 34.2 Å². The Hall–Kier alpha value is -0.840. The Morgan fingerprint density at radius 1 is 1.06 bits per heavy atom. The van der Waals surface area contributed by atoms with E-state index in [0.717, 1.165) is 4.90 Å². The van der Waals surface area contributed by atoms with Crippen LogP contribution in [-0.2, 0) is 0 Å². The first kappa shape index (κ1) is 11.6. The van der Waals surface area contributed by atoms with E-state index in [0.29, 0.717) is 5.03 Å². The topological polar surface area (TPSA) is 38.7 Å². The summed E-state index contributed by atoms with van der Waals surface area (Å²) in [6, 6.07) is 8.03. The Bertz CT molecular complexity index is 502. The molecule has 0 aliphatic carbocycles. The number of benzene rings is 1. The molecule has 3 nitrogen and oxygen atoms in total. The molecule has 0 aliphatic heterocycles. The average molecular weight is 272 g/mol. The van der Waals surface area contributed by atoms with Crippen LogP contribution in [0.25, 0.3) is 0 Å². The number of nitrogens with zero attached hydrogens (tertiary/aromatic N) is 3. The standard InChI is InChI=1S/C10H7Cl2N3S/c1-6-2-4-7(5-3-6)16-9-8(11)14-15-10(12)13-9/h2-5H,1H3. The maximum atomic E-state index is 5.86. The molecule has 82 valence electrons. The van der Waals surface area contributed by atoms with Gasteiger partial charge in [-0.25, -0.2) is 4.98 Å². The molecule has 6 heteroatoms. The van der Waals surface area contributed by atoms with Gasteiger partial charge in [0.05, 0.1) is 0 Å². The zero-order chi connectivity index (χ0) is 11.5. The highest BCUT2D eigenvalue weighted by Gasteiger charge is 2.07. The first-order valence-corrected chi connectivity index (χ1v) is 6.02. The number of aromatic nitrogens is 3. The molecule has 0 amide bonds. The van der Waals surface area contributed by atoms with Gasteiger partial charge in [0.15, 0.2) is 5.15 Å². The van der Waals surface area contributed by atoms with E-state index < -0.39 is 0 Å². The highest BCUT2D eigenvalue weighted by molar-refractivity contribution is 7.99. The number of rotatable bonds is 2. The van der Waals surface area contributed by atoms with Crippen molar-refractivity contribution < 1.29 is 0 Å². The van der Waals surface area contributed by atoms with E-state index in [-0.39, 0.29) is 10.4 Å². The molecule has 0 N–H and O–H groups in total. The lowest BCUT2D eigenvalue weighted by Gasteiger charge is -2.02. The maximum absolute atomic E-state index is 5.86. The van der Waals surface area contributed by atoms with E-state index >= 15 is 0 Å². The Morgan fingerprint density at radius 2 is 1.75 bits per heavy atom. The van der Waals surface area contributed by atoms with Gasteiger partial charge in [0.1, 0.15) is 5.03 Å². The van der Waals surface area contributed by atoms with Gasteiger partial charge in [-0.05, 0) is 30.7 Å². The minimum atomic E-state index is 0.0963. The van der Waals surface area contributed by atoms with Crippen LogP contribution in [0.1, 0.15) is 5.56 Å². The molecule has 0 spiro atoms. The molecule has 0 radical (unpaired) electrons. The lowest BCUT2D eigenvalue weighted by atomic mass is 10.2. The van der Waals surface area contributed by atoms with Crippen LogP contribution >= 0.6 is 35.0 Å². The molecule has 1 aromatic carbocycles. The van der Waals surface area contributed by atoms with Gasteiger partial charge in [-0.3, -0.25) is 0 Å². The zero-order valence-electron chi connectivity index (χ0n) is 8.32. The summed E-state index contributed by atoms with van der Waals surface area (Å²) in [5, 5.41) is 8.16. The smallest absolute Gasteiger partial charge is 0.206 e. The van der Waals surface area contributed by atoms with Gasteiger partial charge < -0.3 is 0 Å². The molecule has 0 atom stereocenters. The van der Waals surface area contributed by atoms with Crippen LogP contribution in [0, 0.1) is 6.92 Å². The summed E-state index contributed by atoms with van der Waals surface area (Å²) in [6.07, 6.45) is 0. The molecule has 16 heavy (non-hydrogen) atoms. The lowest BCUT2D eigenvalue weighted by Crippen LogP contribution is -1.91. The summed E-state index contributed by atoms with van der Waals surface area (Å²) in [6.45, 7) is 2.03. The lowest BCUT2D eigenvalue weighted by molar-refractivity contribution is 0.904. The monoisotopic (exact) mass is 271 g/mol. The van der Waals surface area contributed by atoms with E-state index in [4.69, 9.17) is 23.2 Å². The zero-order valence-corrected chi connectivity index (χ0v) is 10.6. The molecule has 0 fully saturated rings. The highest BCUT2D eigenvalue weighted by Crippen LogP contribution is 2.30. The first-order chi connectivity index (χ1) is 7.65. The van der Waals surface area contributed by atoms with Gasteiger partial charge in [-0.1, -0.05) is 41.1 Å². The van der Waals surface area contributed by atoms with Crippen molar-refractivity contribution in [3.63, 3.8) is 0 Å². The molecule has 0 unspecified atom stereocenters. The van der Waals surface area contributed by atoms with E-state index in [1.54, 1.807) is 0 Å². The number of hydrogen-bond donors (Lipinski definition) is 0. The third-order valence-electron chi connectivity index (χ3n) is 1.83. The van der Waals surface area contributed by atoms with E-state index in [2.05, 4.69) is 15.2 Å². The summed E-state index contributed by atoms with van der Waals surface area (Å²) in [5.74, 6) is 0. The van der Waals surface area contributed by atoms with E-state index in [1.807, 2.05) is 31.2 Å². The SMILES string of the molecule is Cc1ccc(Sc2nc(Cl)nnc2Cl)cc1. The molecule has 0 bridgehead atoms. The third kappa shape index (κ3) is 2.84. The van der Waals surface area contributed by atoms with Gasteiger partial charge in [0.2, 0.25) is 5.28 Å². The van der Waals surface area contributed by atoms with Gasteiger partial charge in [0, 0.05) is 4.90 Å². The molecule has 1 heterocycles. The molecule has 0 aliphatic rings. The summed E-state index contributed by atoms with van der Waals surface area (Å²) in [7, 11) is 0. The number of aryl methyl sites for hydroxylation is 1. The van der Waals surface area contributed by atoms with Crippen molar-refractivity contribution in [3.8, 4) is 0 Å². The summed E-state index contributed by atoms with van der Waals surface area (Å²) in [4.78, 5) is 5.04. The molecule has 2 rings (SSSR count). The van der Waals surface area contributed by atoms with Crippen LogP contribution in [0.3, 0.4) is 0 Å². The predicted molar refractivity (Wildman–Crippen MR) is 65.1 cm³/mol. The second-order valence-corrected chi connectivity index (χ2v) is 4.85. The van der Waals surface area contributed by atoms with Gasteiger partial charge in [0.25, 0.3) is 0 Å². The van der Waals surface area contributed by atoms with Crippen molar-refractivity contribution in [2.75, 3.05) is 0 Å². The van der Waals surface area contributed by atoms with Crippen LogP contribution in [0.2, 0.25) is 10.4 Å². The Labute approximate surface area is 107 Å². The Kier molecular flexibility index (Phi) is 3.63. The number of halogens is 2. The molecular formula is C10H7Cl2N3S. The van der Waals surface area contributed by atoms with Crippen molar-refractivity contribution in [1.29, 1.82) is 0 Å². The van der Waals surface area contributed by atoms with Crippen molar-refractivity contribution in [2.24, 2.45) is 0 Å². The fourth-order valence-electron chi connectivity index (χ4n) is 1.06. The van der Waals surface area contributed by atoms with E-state index in [9.17, 15) is 0 Å². The normalized spacial score (nSPS) is 10.4. The fourth-order valence-corrected chi connectivity index (χ4v) is 2.18. The fraction of sp³-hybridized carbons (Fsp3) is 0.100. The minimum Gasteiger partial charge on any atom is -0.206 e. The molecule has 0 saturated carbocycles. The van der Waals surface area contributed by atoms with Crippen molar-refractivity contribution in [2.45, 2.75) is 16.8 Å². The van der Waals surface area contributed by atoms with Gasteiger partial charge >= 0.3 is 0 Å². The Balaban J connectivity index is 2.26. The van der Waals surface area contributed by atoms with Crippen LogP contribution in [0.4, 0.5) is 0 Å². The predicted octanol–water partition coefficient (Wildman–Crippen LogP) is 3.64. The maximum Gasteiger partial charge on any atom is 0.244 e. The van der Waals surface area contributed by atoms with Gasteiger partial charge in [-0.2, -0.15) is 0 Å². The van der Waals surface area contributed by atoms with Gasteiger partial charge in [-0.15, -0.1) is 10.2 Å². The quantitative estimate of drug-likeness (QED) is 0.836. The van der Waals surface area contributed by atoms with Crippen molar-refractivity contribution in [3.05, 3.63) is 40.3 Å². The highest BCUT2D eigenvalue weighted by atomic mass is 35.5. The molecular weight excluding hydrogens is 265 g/mol. The first-order valence-electron chi connectivity index (χ1n) is 4.45. The third-order valence-corrected chi connectivity index (χ3v) is 3.34. The van der Waals surface area contributed by atoms with E-state index in [1.165, 1.54) is 17.3 Å². The minimum absolute atomic E-state index is 0.0963. The molecule has 1 aromatic heterocycles. The number of hydrogen-bond acceptors (Lipinski definition) is 4. The average Bonchev–Trinajstić information content (AvgIpc) is 2.27. The second-order valence-electron chi connectivity index (χ2n) is 3.09. The molecule has 0 saturated heterocycles. The van der Waals surface area contributed by atoms with Crippen molar-refractivity contribution >= 4 is 35.0 Å². The summed E-state index contributed by atoms with van der Waals surface area (Å²) in [5.41, 5.74) is 1.20. The summed E-state index contributed by atoms with van der Waals surface area (Å²) < 4.78 is 0. The van der Waals surface area contributed by atoms with Crippen LogP contribution in [0.5, 0.6) is 0 Å². The van der Waals surface area contributed by atoms with Crippen LogP contribution in [-0.4, -0.2) is 15.2 Å². The molecule has 2 aromatic rings. The summed E-state index contributed by atoms with van der Waals surface area (Å²) >= 11 is 12.9. The Morgan fingerprint density at radius 3 is 2.44 bits per heavy atom. The van der Waals surface area contributed by atoms with Crippen molar-refractivity contribution in [1.82, 2.24) is 15.2 Å². The second kappa shape index (κ2) is 4.99. The largest absolute Gasteiger partial charge is 0.244 e. The van der Waals surface area contributed by atoms with Crippen LogP contribution < -0.4 is 0 Å².